The van der Waals surface area contributed by atoms with Gasteiger partial charge >= 0.3 is 12.1 Å². The molecule has 1 aromatic carbocycles. The number of likely N-dealkylation sites (tertiary alicyclic amines) is 1. The molecule has 0 bridgehead atoms. The Morgan fingerprint density at radius 1 is 1.13 bits per heavy atom. The molecule has 0 unspecified atom stereocenters. The number of benzene rings is 1. The van der Waals surface area contributed by atoms with Crippen LogP contribution in [-0.2, 0) is 4.79 Å². The van der Waals surface area contributed by atoms with E-state index >= 15 is 0 Å². The van der Waals surface area contributed by atoms with Crippen molar-refractivity contribution in [2.75, 3.05) is 13.1 Å². The van der Waals surface area contributed by atoms with Gasteiger partial charge in [-0.1, -0.05) is 30.3 Å². The van der Waals surface area contributed by atoms with E-state index < -0.39 is 12.1 Å². The third kappa shape index (κ3) is 3.23. The molecule has 0 saturated carbocycles. The lowest BCUT2D eigenvalue weighted by molar-refractivity contribution is -0.186. The number of imidazole rings is 1. The highest BCUT2D eigenvalue weighted by molar-refractivity contribution is 5.81. The van der Waals surface area contributed by atoms with Gasteiger partial charge in [0.05, 0.1) is 18.2 Å². The predicted molar refractivity (Wildman–Crippen MR) is 78.6 cm³/mol. The zero-order valence-electron chi connectivity index (χ0n) is 12.3. The fourth-order valence-corrected chi connectivity index (χ4v) is 2.95. The first-order chi connectivity index (χ1) is 11.0. The first-order valence-electron chi connectivity index (χ1n) is 7.40. The lowest BCUT2D eigenvalue weighted by atomic mass is 10.0. The maximum absolute atomic E-state index is 12.5. The number of amides is 1. The highest BCUT2D eigenvalue weighted by Crippen LogP contribution is 2.30. The van der Waals surface area contributed by atoms with Crippen LogP contribution in [-0.4, -0.2) is 39.6 Å². The fraction of sp³-hybridized carbons (Fsp3) is 0.375. The Kier molecular flexibility index (Phi) is 4.11. The maximum atomic E-state index is 12.5. The Morgan fingerprint density at radius 2 is 1.78 bits per heavy atom. The van der Waals surface area contributed by atoms with Crippen molar-refractivity contribution in [1.82, 2.24) is 14.5 Å². The molecule has 7 heteroatoms. The SMILES string of the molecule is O=C(N1CCC(n2cncc2-c2ccccc2)CC1)C(F)(F)F. The Bertz CT molecular complexity index is 673. The molecule has 1 saturated heterocycles. The van der Waals surface area contributed by atoms with Gasteiger partial charge in [-0.15, -0.1) is 0 Å². The molecular formula is C16H16F3N3O. The van der Waals surface area contributed by atoms with Gasteiger partial charge in [0.15, 0.2) is 0 Å². The second kappa shape index (κ2) is 6.06. The number of halogens is 3. The first kappa shape index (κ1) is 15.6. The molecule has 1 amide bonds. The molecule has 0 N–H and O–H groups in total. The van der Waals surface area contributed by atoms with E-state index in [4.69, 9.17) is 0 Å². The van der Waals surface area contributed by atoms with Crippen LogP contribution in [0.4, 0.5) is 13.2 Å². The summed E-state index contributed by atoms with van der Waals surface area (Å²) in [6.45, 7) is 0.213. The normalized spacial score (nSPS) is 16.6. The van der Waals surface area contributed by atoms with E-state index in [0.717, 1.165) is 16.2 Å². The van der Waals surface area contributed by atoms with E-state index in [0.29, 0.717) is 12.8 Å². The average Bonchev–Trinajstić information content (AvgIpc) is 3.04. The summed E-state index contributed by atoms with van der Waals surface area (Å²) in [7, 11) is 0. The molecule has 4 nitrogen and oxygen atoms in total. The van der Waals surface area contributed by atoms with Crippen LogP contribution in [0.15, 0.2) is 42.9 Å². The van der Waals surface area contributed by atoms with Crippen LogP contribution >= 0.6 is 0 Å². The number of nitrogens with zero attached hydrogens (tertiary/aromatic N) is 3. The highest BCUT2D eigenvalue weighted by Gasteiger charge is 2.43. The second-order valence-corrected chi connectivity index (χ2v) is 5.57. The molecule has 2 aromatic rings. The van der Waals surface area contributed by atoms with Gasteiger partial charge in [0.1, 0.15) is 0 Å². The molecule has 3 rings (SSSR count). The van der Waals surface area contributed by atoms with E-state index in [9.17, 15) is 18.0 Å². The van der Waals surface area contributed by atoms with Gasteiger partial charge in [0.2, 0.25) is 0 Å². The van der Waals surface area contributed by atoms with E-state index in [1.54, 1.807) is 12.5 Å². The number of carbonyl (C=O) groups is 1. The van der Waals surface area contributed by atoms with Gasteiger partial charge in [-0.3, -0.25) is 4.79 Å². The topological polar surface area (TPSA) is 38.1 Å². The smallest absolute Gasteiger partial charge is 0.335 e. The Morgan fingerprint density at radius 3 is 2.39 bits per heavy atom. The van der Waals surface area contributed by atoms with Crippen LogP contribution in [0.1, 0.15) is 18.9 Å². The predicted octanol–water partition coefficient (Wildman–Crippen LogP) is 3.28. The number of aromatic nitrogens is 2. The summed E-state index contributed by atoms with van der Waals surface area (Å²) in [5.41, 5.74) is 1.95. The minimum absolute atomic E-state index is 0.0463. The first-order valence-corrected chi connectivity index (χ1v) is 7.40. The van der Waals surface area contributed by atoms with Crippen LogP contribution in [0.25, 0.3) is 11.3 Å². The average molecular weight is 323 g/mol. The van der Waals surface area contributed by atoms with Crippen molar-refractivity contribution in [2.45, 2.75) is 25.1 Å². The van der Waals surface area contributed by atoms with Crippen LogP contribution in [0.3, 0.4) is 0 Å². The number of hydrogen-bond donors (Lipinski definition) is 0. The molecule has 0 radical (unpaired) electrons. The number of rotatable bonds is 2. The van der Waals surface area contributed by atoms with E-state index in [2.05, 4.69) is 4.98 Å². The van der Waals surface area contributed by atoms with Gasteiger partial charge in [-0.2, -0.15) is 13.2 Å². The highest BCUT2D eigenvalue weighted by atomic mass is 19.4. The van der Waals surface area contributed by atoms with Crippen molar-refractivity contribution in [1.29, 1.82) is 0 Å². The van der Waals surface area contributed by atoms with Gasteiger partial charge in [-0.25, -0.2) is 4.98 Å². The van der Waals surface area contributed by atoms with E-state index in [-0.39, 0.29) is 19.1 Å². The molecule has 122 valence electrons. The molecular weight excluding hydrogens is 307 g/mol. The lowest BCUT2D eigenvalue weighted by Crippen LogP contribution is -2.45. The minimum atomic E-state index is -4.79. The molecule has 1 fully saturated rings. The number of carbonyl (C=O) groups excluding carboxylic acids is 1. The molecule has 0 atom stereocenters. The monoisotopic (exact) mass is 323 g/mol. The van der Waals surface area contributed by atoms with Crippen molar-refractivity contribution in [3.63, 3.8) is 0 Å². The number of piperidine rings is 1. The third-order valence-electron chi connectivity index (χ3n) is 4.12. The molecule has 1 aliphatic heterocycles. The summed E-state index contributed by atoms with van der Waals surface area (Å²) in [5.74, 6) is -1.75. The van der Waals surface area contributed by atoms with Crippen molar-refractivity contribution >= 4 is 5.91 Å². The molecule has 0 spiro atoms. The van der Waals surface area contributed by atoms with Crippen molar-refractivity contribution in [2.24, 2.45) is 0 Å². The molecule has 23 heavy (non-hydrogen) atoms. The fourth-order valence-electron chi connectivity index (χ4n) is 2.95. The molecule has 1 aliphatic rings. The van der Waals surface area contributed by atoms with Gasteiger partial charge in [-0.05, 0) is 18.4 Å². The molecule has 2 heterocycles. The largest absolute Gasteiger partial charge is 0.471 e. The van der Waals surface area contributed by atoms with E-state index in [1.807, 2.05) is 34.9 Å². The Hall–Kier alpha value is -2.31. The van der Waals surface area contributed by atoms with Crippen LogP contribution in [0, 0.1) is 0 Å². The van der Waals surface area contributed by atoms with Gasteiger partial charge in [0, 0.05) is 19.1 Å². The zero-order chi connectivity index (χ0) is 16.4. The molecule has 0 aliphatic carbocycles. The third-order valence-corrected chi connectivity index (χ3v) is 4.12. The van der Waals surface area contributed by atoms with Crippen LogP contribution in [0.5, 0.6) is 0 Å². The quantitative estimate of drug-likeness (QED) is 0.851. The van der Waals surface area contributed by atoms with Gasteiger partial charge in [0.25, 0.3) is 0 Å². The lowest BCUT2D eigenvalue weighted by Gasteiger charge is -2.33. The summed E-state index contributed by atoms with van der Waals surface area (Å²) in [4.78, 5) is 16.3. The van der Waals surface area contributed by atoms with Crippen LogP contribution < -0.4 is 0 Å². The summed E-state index contributed by atoms with van der Waals surface area (Å²) >= 11 is 0. The zero-order valence-corrected chi connectivity index (χ0v) is 12.3. The summed E-state index contributed by atoms with van der Waals surface area (Å²) < 4.78 is 39.4. The van der Waals surface area contributed by atoms with Crippen LogP contribution in [0.2, 0.25) is 0 Å². The van der Waals surface area contributed by atoms with Crippen molar-refractivity contribution in [3.8, 4) is 11.3 Å². The van der Waals surface area contributed by atoms with Crippen molar-refractivity contribution < 1.29 is 18.0 Å². The van der Waals surface area contributed by atoms with Crippen molar-refractivity contribution in [3.05, 3.63) is 42.9 Å². The minimum Gasteiger partial charge on any atom is -0.335 e. The molecule has 1 aromatic heterocycles. The summed E-state index contributed by atoms with van der Waals surface area (Å²) in [6, 6.07) is 9.76. The number of hydrogen-bond acceptors (Lipinski definition) is 2. The Balaban J connectivity index is 1.72. The Labute approximate surface area is 131 Å². The maximum Gasteiger partial charge on any atom is 0.471 e. The standard InChI is InChI=1S/C16H16F3N3O/c17-16(18,19)15(23)21-8-6-13(7-9-21)22-11-20-10-14(22)12-4-2-1-3-5-12/h1-5,10-11,13H,6-9H2. The van der Waals surface area contributed by atoms with E-state index in [1.165, 1.54) is 0 Å². The number of alkyl halides is 3. The summed E-state index contributed by atoms with van der Waals surface area (Å²) in [6.07, 6.45) is -0.371. The summed E-state index contributed by atoms with van der Waals surface area (Å²) in [5, 5.41) is 0. The van der Waals surface area contributed by atoms with Gasteiger partial charge < -0.3 is 9.47 Å². The second-order valence-electron chi connectivity index (χ2n) is 5.57.